The summed E-state index contributed by atoms with van der Waals surface area (Å²) in [7, 11) is -3.46. The van der Waals surface area contributed by atoms with E-state index in [1.165, 1.54) is 6.20 Å². The zero-order valence-corrected chi connectivity index (χ0v) is 11.2. The van der Waals surface area contributed by atoms with Gasteiger partial charge in [-0.3, -0.25) is 0 Å². The van der Waals surface area contributed by atoms with Crippen molar-refractivity contribution in [1.82, 2.24) is 14.7 Å². The molecule has 0 aromatic carbocycles. The molecule has 6 nitrogen and oxygen atoms in total. The second-order valence-corrected chi connectivity index (χ2v) is 5.74. The normalized spacial score (nSPS) is 12.2. The molecule has 0 spiro atoms. The van der Waals surface area contributed by atoms with Crippen LogP contribution in [0.5, 0.6) is 0 Å². The molecule has 1 rings (SSSR count). The number of hydrogen-bond donors (Lipinski definition) is 2. The summed E-state index contributed by atoms with van der Waals surface area (Å²) < 4.78 is 31.2. The fourth-order valence-electron chi connectivity index (χ4n) is 1.21. The van der Waals surface area contributed by atoms with Gasteiger partial charge in [0.15, 0.2) is 5.03 Å². The number of imidazole rings is 1. The Morgan fingerprint density at radius 3 is 2.76 bits per heavy atom. The van der Waals surface area contributed by atoms with Crippen LogP contribution in [0.4, 0.5) is 0 Å². The lowest BCUT2D eigenvalue weighted by molar-refractivity contribution is 0.0778. The molecule has 0 amide bonds. The Morgan fingerprint density at radius 1 is 1.53 bits per heavy atom. The Balaban J connectivity index is 2.36. The number of nitrogens with one attached hydrogen (secondary N) is 2. The molecule has 1 heterocycles. The molecule has 1 aromatic rings. The average Bonchev–Trinajstić information content (AvgIpc) is 2.64. The van der Waals surface area contributed by atoms with Crippen molar-refractivity contribution in [2.45, 2.75) is 38.3 Å². The molecule has 1 aromatic heterocycles. The zero-order valence-electron chi connectivity index (χ0n) is 10.4. The molecule has 0 aliphatic rings. The Hall–Kier alpha value is -0.920. The van der Waals surface area contributed by atoms with Gasteiger partial charge in [-0.05, 0) is 27.2 Å². The molecule has 0 atom stereocenters. The van der Waals surface area contributed by atoms with Gasteiger partial charge >= 0.3 is 0 Å². The highest BCUT2D eigenvalue weighted by Crippen LogP contribution is 2.04. The summed E-state index contributed by atoms with van der Waals surface area (Å²) in [6, 6.07) is 0. The highest BCUT2D eigenvalue weighted by molar-refractivity contribution is 7.89. The van der Waals surface area contributed by atoms with E-state index in [1.54, 1.807) is 6.92 Å². The molecule has 0 saturated carbocycles. The molecule has 7 heteroatoms. The van der Waals surface area contributed by atoms with E-state index >= 15 is 0 Å². The van der Waals surface area contributed by atoms with Crippen LogP contribution in [-0.4, -0.2) is 37.6 Å². The van der Waals surface area contributed by atoms with Gasteiger partial charge in [0, 0.05) is 13.2 Å². The number of H-pyrrole nitrogens is 1. The van der Waals surface area contributed by atoms with Crippen molar-refractivity contribution in [2.24, 2.45) is 0 Å². The van der Waals surface area contributed by atoms with Gasteiger partial charge in [-0.2, -0.15) is 0 Å². The summed E-state index contributed by atoms with van der Waals surface area (Å²) in [5.74, 6) is 0.577. The number of aryl methyl sites for hydroxylation is 1. The Bertz CT molecular complexity index is 439. The molecule has 0 fully saturated rings. The highest BCUT2D eigenvalue weighted by atomic mass is 32.2. The van der Waals surface area contributed by atoms with Crippen molar-refractivity contribution in [1.29, 1.82) is 0 Å². The SMILES string of the molecule is Cc1ncc(S(=O)(=O)NCCCOC(C)C)[nH]1. The van der Waals surface area contributed by atoms with Gasteiger partial charge in [0.2, 0.25) is 0 Å². The van der Waals surface area contributed by atoms with Crippen LogP contribution >= 0.6 is 0 Å². The van der Waals surface area contributed by atoms with Crippen LogP contribution in [0.25, 0.3) is 0 Å². The zero-order chi connectivity index (χ0) is 12.9. The van der Waals surface area contributed by atoms with Crippen molar-refractivity contribution < 1.29 is 13.2 Å². The van der Waals surface area contributed by atoms with Gasteiger partial charge in [-0.15, -0.1) is 0 Å². The van der Waals surface area contributed by atoms with E-state index in [9.17, 15) is 8.42 Å². The quantitative estimate of drug-likeness (QED) is 0.711. The molecule has 0 unspecified atom stereocenters. The summed E-state index contributed by atoms with van der Waals surface area (Å²) >= 11 is 0. The largest absolute Gasteiger partial charge is 0.379 e. The molecular formula is C10H19N3O3S. The van der Waals surface area contributed by atoms with Crippen molar-refractivity contribution in [2.75, 3.05) is 13.2 Å². The standard InChI is InChI=1S/C10H19N3O3S/c1-8(2)16-6-4-5-12-17(14,15)10-7-11-9(3)13-10/h7-8,12H,4-6H2,1-3H3,(H,11,13). The van der Waals surface area contributed by atoms with Gasteiger partial charge in [-0.1, -0.05) is 0 Å². The lowest BCUT2D eigenvalue weighted by Crippen LogP contribution is -2.26. The van der Waals surface area contributed by atoms with Crippen LogP contribution in [0.1, 0.15) is 26.1 Å². The van der Waals surface area contributed by atoms with E-state index < -0.39 is 10.0 Å². The van der Waals surface area contributed by atoms with E-state index in [0.29, 0.717) is 25.4 Å². The maximum absolute atomic E-state index is 11.7. The van der Waals surface area contributed by atoms with Crippen LogP contribution in [0, 0.1) is 6.92 Å². The van der Waals surface area contributed by atoms with E-state index in [1.807, 2.05) is 13.8 Å². The number of aromatic amines is 1. The first-order valence-electron chi connectivity index (χ1n) is 5.54. The summed E-state index contributed by atoms with van der Waals surface area (Å²) in [5.41, 5.74) is 0. The smallest absolute Gasteiger partial charge is 0.257 e. The minimum Gasteiger partial charge on any atom is -0.379 e. The Morgan fingerprint density at radius 2 is 2.24 bits per heavy atom. The fourth-order valence-corrected chi connectivity index (χ4v) is 2.25. The number of ether oxygens (including phenoxy) is 1. The van der Waals surface area contributed by atoms with Crippen LogP contribution in [0.2, 0.25) is 0 Å². The first-order chi connectivity index (χ1) is 7.92. The summed E-state index contributed by atoms with van der Waals surface area (Å²) in [6.07, 6.45) is 2.12. The topological polar surface area (TPSA) is 84.1 Å². The monoisotopic (exact) mass is 261 g/mol. The predicted octanol–water partition coefficient (Wildman–Crippen LogP) is 0.812. The third-order valence-corrected chi connectivity index (χ3v) is 3.40. The van der Waals surface area contributed by atoms with Crippen LogP contribution < -0.4 is 4.72 Å². The van der Waals surface area contributed by atoms with Crippen LogP contribution in [-0.2, 0) is 14.8 Å². The van der Waals surface area contributed by atoms with Crippen LogP contribution in [0.3, 0.4) is 0 Å². The number of sulfonamides is 1. The van der Waals surface area contributed by atoms with Gasteiger partial charge in [0.25, 0.3) is 10.0 Å². The molecule has 0 aliphatic heterocycles. The van der Waals surface area contributed by atoms with Gasteiger partial charge in [-0.25, -0.2) is 18.1 Å². The molecule has 0 radical (unpaired) electrons. The first kappa shape index (κ1) is 14.1. The third-order valence-electron chi connectivity index (χ3n) is 2.03. The van der Waals surface area contributed by atoms with Crippen molar-refractivity contribution in [3.05, 3.63) is 12.0 Å². The predicted molar refractivity (Wildman–Crippen MR) is 64.2 cm³/mol. The number of hydrogen-bond acceptors (Lipinski definition) is 4. The van der Waals surface area contributed by atoms with Gasteiger partial charge < -0.3 is 9.72 Å². The van der Waals surface area contributed by atoms with Gasteiger partial charge in [0.1, 0.15) is 5.82 Å². The summed E-state index contributed by atoms with van der Waals surface area (Å²) in [6.45, 7) is 6.49. The van der Waals surface area contributed by atoms with E-state index in [4.69, 9.17) is 4.74 Å². The highest BCUT2D eigenvalue weighted by Gasteiger charge is 2.15. The molecular weight excluding hydrogens is 242 g/mol. The minimum absolute atomic E-state index is 0.0970. The first-order valence-corrected chi connectivity index (χ1v) is 7.03. The maximum atomic E-state index is 11.7. The minimum atomic E-state index is -3.46. The lowest BCUT2D eigenvalue weighted by Gasteiger charge is -2.07. The summed E-state index contributed by atoms with van der Waals surface area (Å²) in [5, 5.41) is 0.0970. The molecule has 0 saturated heterocycles. The summed E-state index contributed by atoms with van der Waals surface area (Å²) in [4.78, 5) is 6.53. The molecule has 98 valence electrons. The third kappa shape index (κ3) is 4.84. The molecule has 17 heavy (non-hydrogen) atoms. The average molecular weight is 261 g/mol. The number of nitrogens with zero attached hydrogens (tertiary/aromatic N) is 1. The van der Waals surface area contributed by atoms with E-state index in [2.05, 4.69) is 14.7 Å². The van der Waals surface area contributed by atoms with Gasteiger partial charge in [0.05, 0.1) is 12.3 Å². The second-order valence-electron chi connectivity index (χ2n) is 4.00. The van der Waals surface area contributed by atoms with Crippen molar-refractivity contribution >= 4 is 10.0 Å². The lowest BCUT2D eigenvalue weighted by atomic mass is 10.4. The van der Waals surface area contributed by atoms with E-state index in [-0.39, 0.29) is 11.1 Å². The molecule has 0 aliphatic carbocycles. The fraction of sp³-hybridized carbons (Fsp3) is 0.700. The van der Waals surface area contributed by atoms with E-state index in [0.717, 1.165) is 0 Å². The van der Waals surface area contributed by atoms with Crippen LogP contribution in [0.15, 0.2) is 11.2 Å². The molecule has 0 bridgehead atoms. The Kier molecular flexibility index (Phi) is 5.10. The Labute approximate surface area is 102 Å². The van der Waals surface area contributed by atoms with Crippen molar-refractivity contribution in [3.8, 4) is 0 Å². The maximum Gasteiger partial charge on any atom is 0.257 e. The number of rotatable bonds is 7. The second kappa shape index (κ2) is 6.13. The number of aromatic nitrogens is 2. The van der Waals surface area contributed by atoms with Crippen molar-refractivity contribution in [3.63, 3.8) is 0 Å². The molecule has 2 N–H and O–H groups in total.